The van der Waals surface area contributed by atoms with Crippen molar-refractivity contribution in [3.8, 4) is 0 Å². The lowest BCUT2D eigenvalue weighted by molar-refractivity contribution is -0.147. The van der Waals surface area contributed by atoms with E-state index in [1.807, 2.05) is 0 Å². The van der Waals surface area contributed by atoms with Gasteiger partial charge in [-0.15, -0.1) is 0 Å². The van der Waals surface area contributed by atoms with Crippen LogP contribution in [0, 0.1) is 5.41 Å². The van der Waals surface area contributed by atoms with Crippen molar-refractivity contribution in [3.05, 3.63) is 0 Å². The maximum absolute atomic E-state index is 11.7. The molecule has 1 aliphatic rings. The largest absolute Gasteiger partial charge is 0.481 e. The van der Waals surface area contributed by atoms with Crippen LogP contribution in [0.2, 0.25) is 0 Å². The Balaban J connectivity index is 2.41. The minimum atomic E-state index is -0.815. The molecule has 1 fully saturated rings. The standard InChI is InChI=1S/C11H20N2O3/c1-11(10(15)16)5-7-13(8-11)9(14)4-2-3-6-12/h2-8,12H2,1H3,(H,15,16). The predicted molar refractivity (Wildman–Crippen MR) is 59.8 cm³/mol. The second-order valence-electron chi connectivity index (χ2n) is 4.68. The van der Waals surface area contributed by atoms with Gasteiger partial charge in [0.15, 0.2) is 0 Å². The van der Waals surface area contributed by atoms with Crippen LogP contribution >= 0.6 is 0 Å². The van der Waals surface area contributed by atoms with Gasteiger partial charge in [-0.3, -0.25) is 9.59 Å². The molecule has 0 radical (unpaired) electrons. The topological polar surface area (TPSA) is 83.6 Å². The monoisotopic (exact) mass is 228 g/mol. The SMILES string of the molecule is CC1(C(=O)O)CCN(C(=O)CCCCN)C1. The molecule has 1 atom stereocenters. The van der Waals surface area contributed by atoms with Gasteiger partial charge in [0.05, 0.1) is 5.41 Å². The zero-order valence-electron chi connectivity index (χ0n) is 9.74. The van der Waals surface area contributed by atoms with Crippen LogP contribution < -0.4 is 5.73 Å². The molecule has 1 heterocycles. The Morgan fingerprint density at radius 1 is 1.44 bits per heavy atom. The number of aliphatic carboxylic acids is 1. The van der Waals surface area contributed by atoms with Gasteiger partial charge in [-0.05, 0) is 32.7 Å². The first-order valence-electron chi connectivity index (χ1n) is 5.71. The number of hydrogen-bond acceptors (Lipinski definition) is 3. The molecule has 0 aliphatic carbocycles. The highest BCUT2D eigenvalue weighted by molar-refractivity contribution is 5.80. The number of likely N-dealkylation sites (tertiary alicyclic amines) is 1. The molecule has 5 nitrogen and oxygen atoms in total. The molecule has 1 rings (SSSR count). The van der Waals surface area contributed by atoms with Crippen molar-refractivity contribution in [3.63, 3.8) is 0 Å². The van der Waals surface area contributed by atoms with Crippen molar-refractivity contribution in [2.75, 3.05) is 19.6 Å². The maximum atomic E-state index is 11.7. The van der Waals surface area contributed by atoms with Crippen LogP contribution in [-0.4, -0.2) is 41.5 Å². The Morgan fingerprint density at radius 2 is 2.12 bits per heavy atom. The average Bonchev–Trinajstić information content (AvgIpc) is 2.63. The summed E-state index contributed by atoms with van der Waals surface area (Å²) in [5, 5.41) is 9.03. The van der Waals surface area contributed by atoms with Crippen LogP contribution in [0.3, 0.4) is 0 Å². The Labute approximate surface area is 95.6 Å². The number of nitrogens with zero attached hydrogens (tertiary/aromatic N) is 1. The highest BCUT2D eigenvalue weighted by Crippen LogP contribution is 2.30. The zero-order valence-corrected chi connectivity index (χ0v) is 9.74. The van der Waals surface area contributed by atoms with E-state index in [4.69, 9.17) is 10.8 Å². The Morgan fingerprint density at radius 3 is 2.62 bits per heavy atom. The van der Waals surface area contributed by atoms with E-state index in [0.717, 1.165) is 12.8 Å². The van der Waals surface area contributed by atoms with Crippen LogP contribution in [-0.2, 0) is 9.59 Å². The lowest BCUT2D eigenvalue weighted by atomic mass is 9.90. The van der Waals surface area contributed by atoms with Crippen molar-refractivity contribution < 1.29 is 14.7 Å². The molecule has 92 valence electrons. The summed E-state index contributed by atoms with van der Waals surface area (Å²) in [6.07, 6.45) is 2.66. The van der Waals surface area contributed by atoms with Gasteiger partial charge >= 0.3 is 5.97 Å². The van der Waals surface area contributed by atoms with Crippen molar-refractivity contribution >= 4 is 11.9 Å². The number of nitrogens with two attached hydrogens (primary N) is 1. The molecule has 1 unspecified atom stereocenters. The van der Waals surface area contributed by atoms with Gasteiger partial charge in [0.1, 0.15) is 0 Å². The third-order valence-corrected chi connectivity index (χ3v) is 3.19. The second-order valence-corrected chi connectivity index (χ2v) is 4.68. The van der Waals surface area contributed by atoms with E-state index in [9.17, 15) is 9.59 Å². The minimum absolute atomic E-state index is 0.0541. The fourth-order valence-electron chi connectivity index (χ4n) is 1.93. The predicted octanol–water partition coefficient (Wildman–Crippen LogP) is 0.439. The fourth-order valence-corrected chi connectivity index (χ4v) is 1.93. The zero-order chi connectivity index (χ0) is 12.2. The van der Waals surface area contributed by atoms with Crippen molar-refractivity contribution in [1.82, 2.24) is 4.90 Å². The molecule has 1 saturated heterocycles. The normalized spacial score (nSPS) is 24.8. The number of unbranched alkanes of at least 4 members (excludes halogenated alkanes) is 1. The molecule has 5 heteroatoms. The highest BCUT2D eigenvalue weighted by atomic mass is 16.4. The Kier molecular flexibility index (Phi) is 4.29. The quantitative estimate of drug-likeness (QED) is 0.669. The van der Waals surface area contributed by atoms with Gasteiger partial charge in [0.2, 0.25) is 5.91 Å². The smallest absolute Gasteiger partial charge is 0.311 e. The molecule has 16 heavy (non-hydrogen) atoms. The highest BCUT2D eigenvalue weighted by Gasteiger charge is 2.41. The van der Waals surface area contributed by atoms with Crippen LogP contribution in [0.4, 0.5) is 0 Å². The van der Waals surface area contributed by atoms with E-state index in [1.165, 1.54) is 0 Å². The first-order valence-corrected chi connectivity index (χ1v) is 5.71. The van der Waals surface area contributed by atoms with Gasteiger partial charge in [-0.1, -0.05) is 0 Å². The molecular formula is C11H20N2O3. The third-order valence-electron chi connectivity index (χ3n) is 3.19. The summed E-state index contributed by atoms with van der Waals surface area (Å²) in [5.74, 6) is -0.761. The summed E-state index contributed by atoms with van der Waals surface area (Å²) in [6, 6.07) is 0. The number of carbonyl (C=O) groups excluding carboxylic acids is 1. The number of carboxylic acids is 1. The second kappa shape index (κ2) is 5.30. The third kappa shape index (κ3) is 2.95. The summed E-state index contributed by atoms with van der Waals surface area (Å²) in [6.45, 7) is 3.19. The molecule has 0 aromatic rings. The fraction of sp³-hybridized carbons (Fsp3) is 0.818. The van der Waals surface area contributed by atoms with Crippen LogP contribution in [0.25, 0.3) is 0 Å². The minimum Gasteiger partial charge on any atom is -0.481 e. The van der Waals surface area contributed by atoms with Gasteiger partial charge in [0.25, 0.3) is 0 Å². The van der Waals surface area contributed by atoms with Gasteiger partial charge in [-0.25, -0.2) is 0 Å². The summed E-state index contributed by atoms with van der Waals surface area (Å²) in [5.41, 5.74) is 4.59. The molecule has 0 aromatic carbocycles. The van der Waals surface area contributed by atoms with Crippen LogP contribution in [0.5, 0.6) is 0 Å². The molecule has 0 spiro atoms. The van der Waals surface area contributed by atoms with E-state index in [1.54, 1.807) is 11.8 Å². The van der Waals surface area contributed by atoms with E-state index in [2.05, 4.69) is 0 Å². The molecule has 1 amide bonds. The Hall–Kier alpha value is -1.10. The number of amides is 1. The molecule has 0 bridgehead atoms. The summed E-state index contributed by atoms with van der Waals surface area (Å²) in [4.78, 5) is 24.4. The van der Waals surface area contributed by atoms with E-state index in [-0.39, 0.29) is 5.91 Å². The number of rotatable bonds is 5. The summed E-state index contributed by atoms with van der Waals surface area (Å²) >= 11 is 0. The van der Waals surface area contributed by atoms with E-state index in [0.29, 0.717) is 32.5 Å². The summed E-state index contributed by atoms with van der Waals surface area (Å²) < 4.78 is 0. The van der Waals surface area contributed by atoms with Crippen LogP contribution in [0.1, 0.15) is 32.6 Å². The maximum Gasteiger partial charge on any atom is 0.311 e. The van der Waals surface area contributed by atoms with Crippen molar-refractivity contribution in [2.24, 2.45) is 11.1 Å². The summed E-state index contributed by atoms with van der Waals surface area (Å²) in [7, 11) is 0. The van der Waals surface area contributed by atoms with E-state index >= 15 is 0 Å². The molecule has 0 aromatic heterocycles. The van der Waals surface area contributed by atoms with E-state index < -0.39 is 11.4 Å². The van der Waals surface area contributed by atoms with Crippen molar-refractivity contribution in [2.45, 2.75) is 32.6 Å². The number of carbonyl (C=O) groups is 2. The number of hydrogen-bond donors (Lipinski definition) is 2. The molecular weight excluding hydrogens is 208 g/mol. The Bertz CT molecular complexity index is 280. The van der Waals surface area contributed by atoms with Crippen molar-refractivity contribution in [1.29, 1.82) is 0 Å². The lowest BCUT2D eigenvalue weighted by Crippen LogP contribution is -2.34. The van der Waals surface area contributed by atoms with Gasteiger partial charge in [-0.2, -0.15) is 0 Å². The van der Waals surface area contributed by atoms with Gasteiger partial charge < -0.3 is 15.7 Å². The lowest BCUT2D eigenvalue weighted by Gasteiger charge is -2.20. The van der Waals surface area contributed by atoms with Crippen LogP contribution in [0.15, 0.2) is 0 Å². The average molecular weight is 228 g/mol. The molecule has 3 N–H and O–H groups in total. The molecule has 0 saturated carbocycles. The van der Waals surface area contributed by atoms with Gasteiger partial charge in [0, 0.05) is 19.5 Å². The number of carboxylic acid groups (broad SMARTS) is 1. The molecule has 1 aliphatic heterocycles. The first kappa shape index (κ1) is 13.0. The first-order chi connectivity index (χ1) is 7.49.